The van der Waals surface area contributed by atoms with Gasteiger partial charge in [-0.15, -0.1) is 0 Å². The van der Waals surface area contributed by atoms with Gasteiger partial charge in [0, 0.05) is 5.41 Å². The molecule has 2 aliphatic carbocycles. The minimum atomic E-state index is -0.267. The van der Waals surface area contributed by atoms with Crippen molar-refractivity contribution in [2.45, 2.75) is 39.2 Å². The average molecular weight is 170 g/mol. The van der Waals surface area contributed by atoms with E-state index < -0.39 is 0 Å². The summed E-state index contributed by atoms with van der Waals surface area (Å²) in [6, 6.07) is 0. The minimum absolute atomic E-state index is 0.140. The van der Waals surface area contributed by atoms with Crippen molar-refractivity contribution in [3.63, 3.8) is 0 Å². The van der Waals surface area contributed by atoms with Crippen molar-refractivity contribution in [3.05, 3.63) is 0 Å². The molecule has 2 heteroatoms. The van der Waals surface area contributed by atoms with Crippen molar-refractivity contribution in [1.82, 2.24) is 0 Å². The van der Waals surface area contributed by atoms with Gasteiger partial charge in [-0.25, -0.2) is 0 Å². The van der Waals surface area contributed by atoms with Crippen LogP contribution in [-0.2, 0) is 0 Å². The SMILES string of the molecule is CC1(C)C2CC[C@]1(CO)C(O)C2. The summed E-state index contributed by atoms with van der Waals surface area (Å²) in [6.45, 7) is 4.53. The monoisotopic (exact) mass is 170 g/mol. The molecular formula is C10H18O2. The fraction of sp³-hybridized carbons (Fsp3) is 1.00. The van der Waals surface area contributed by atoms with E-state index in [-0.39, 0.29) is 23.5 Å². The van der Waals surface area contributed by atoms with Crippen LogP contribution in [0.2, 0.25) is 0 Å². The lowest BCUT2D eigenvalue weighted by Crippen LogP contribution is -2.41. The number of fused-ring (bicyclic) bond motifs is 2. The summed E-state index contributed by atoms with van der Waals surface area (Å²) >= 11 is 0. The Balaban J connectivity index is 2.39. The predicted molar refractivity (Wildman–Crippen MR) is 46.6 cm³/mol. The Hall–Kier alpha value is -0.0800. The van der Waals surface area contributed by atoms with Gasteiger partial charge in [0.2, 0.25) is 0 Å². The Labute approximate surface area is 73.6 Å². The van der Waals surface area contributed by atoms with Gasteiger partial charge in [0.05, 0.1) is 12.7 Å². The van der Waals surface area contributed by atoms with Crippen molar-refractivity contribution >= 4 is 0 Å². The molecular weight excluding hydrogens is 152 g/mol. The van der Waals surface area contributed by atoms with E-state index in [9.17, 15) is 10.2 Å². The first-order chi connectivity index (χ1) is 5.54. The summed E-state index contributed by atoms with van der Waals surface area (Å²) in [5.41, 5.74) is -0.0428. The summed E-state index contributed by atoms with van der Waals surface area (Å²) in [5, 5.41) is 19.2. The average Bonchev–Trinajstić information content (AvgIpc) is 2.36. The van der Waals surface area contributed by atoms with Gasteiger partial charge in [-0.05, 0) is 30.6 Å². The summed E-state index contributed by atoms with van der Waals surface area (Å²) < 4.78 is 0. The lowest BCUT2D eigenvalue weighted by Gasteiger charge is -2.38. The molecule has 0 spiro atoms. The fourth-order valence-electron chi connectivity index (χ4n) is 3.41. The van der Waals surface area contributed by atoms with Crippen LogP contribution in [0.4, 0.5) is 0 Å². The van der Waals surface area contributed by atoms with E-state index in [0.717, 1.165) is 12.8 Å². The molecule has 0 aliphatic heterocycles. The number of rotatable bonds is 1. The quantitative estimate of drug-likeness (QED) is 0.620. The van der Waals surface area contributed by atoms with Crippen molar-refractivity contribution in [2.24, 2.45) is 16.7 Å². The normalized spacial score (nSPS) is 50.0. The van der Waals surface area contributed by atoms with Crippen molar-refractivity contribution in [1.29, 1.82) is 0 Å². The zero-order valence-electron chi connectivity index (χ0n) is 7.88. The molecule has 2 aliphatic rings. The highest BCUT2D eigenvalue weighted by atomic mass is 16.3. The van der Waals surface area contributed by atoms with Gasteiger partial charge in [-0.1, -0.05) is 13.8 Å². The van der Waals surface area contributed by atoms with Crippen LogP contribution in [0.1, 0.15) is 33.1 Å². The van der Waals surface area contributed by atoms with E-state index in [1.165, 1.54) is 6.42 Å². The molecule has 2 nitrogen and oxygen atoms in total. The van der Waals surface area contributed by atoms with Gasteiger partial charge in [-0.2, -0.15) is 0 Å². The molecule has 0 heterocycles. The van der Waals surface area contributed by atoms with Crippen LogP contribution in [0.5, 0.6) is 0 Å². The van der Waals surface area contributed by atoms with Crippen LogP contribution < -0.4 is 0 Å². The van der Waals surface area contributed by atoms with E-state index in [4.69, 9.17) is 0 Å². The number of aliphatic hydroxyl groups is 2. The van der Waals surface area contributed by atoms with Gasteiger partial charge in [0.1, 0.15) is 0 Å². The molecule has 2 rings (SSSR count). The maximum atomic E-state index is 9.85. The highest BCUT2D eigenvalue weighted by molar-refractivity contribution is 5.12. The van der Waals surface area contributed by atoms with Gasteiger partial charge >= 0.3 is 0 Å². The van der Waals surface area contributed by atoms with Gasteiger partial charge in [0.15, 0.2) is 0 Å². The molecule has 0 saturated heterocycles. The molecule has 0 aromatic rings. The maximum absolute atomic E-state index is 9.85. The summed E-state index contributed by atoms with van der Waals surface area (Å²) in [4.78, 5) is 0. The molecule has 2 unspecified atom stereocenters. The third-order valence-corrected chi connectivity index (χ3v) is 4.67. The topological polar surface area (TPSA) is 40.5 Å². The number of aliphatic hydroxyl groups excluding tert-OH is 2. The lowest BCUT2D eigenvalue weighted by molar-refractivity contribution is -0.0446. The van der Waals surface area contributed by atoms with E-state index >= 15 is 0 Å². The van der Waals surface area contributed by atoms with Crippen LogP contribution in [0.25, 0.3) is 0 Å². The Morgan fingerprint density at radius 1 is 1.42 bits per heavy atom. The highest BCUT2D eigenvalue weighted by Gasteiger charge is 2.63. The number of hydrogen-bond acceptors (Lipinski definition) is 2. The first-order valence-corrected chi connectivity index (χ1v) is 4.83. The molecule has 0 amide bonds. The molecule has 3 atom stereocenters. The summed E-state index contributed by atoms with van der Waals surface area (Å²) in [5.74, 6) is 0.625. The van der Waals surface area contributed by atoms with E-state index in [1.807, 2.05) is 0 Å². The second-order valence-corrected chi connectivity index (χ2v) is 5.02. The molecule has 2 N–H and O–H groups in total. The molecule has 0 radical (unpaired) electrons. The minimum Gasteiger partial charge on any atom is -0.396 e. The van der Waals surface area contributed by atoms with Gasteiger partial charge < -0.3 is 10.2 Å². The van der Waals surface area contributed by atoms with E-state index in [2.05, 4.69) is 13.8 Å². The Bertz CT molecular complexity index is 200. The molecule has 2 saturated carbocycles. The molecule has 0 aromatic heterocycles. The Kier molecular flexibility index (Phi) is 1.59. The molecule has 12 heavy (non-hydrogen) atoms. The number of hydrogen-bond donors (Lipinski definition) is 2. The summed E-state index contributed by atoms with van der Waals surface area (Å²) in [6.07, 6.45) is 2.82. The van der Waals surface area contributed by atoms with Gasteiger partial charge in [-0.3, -0.25) is 0 Å². The smallest absolute Gasteiger partial charge is 0.0626 e. The largest absolute Gasteiger partial charge is 0.396 e. The first kappa shape index (κ1) is 8.52. The van der Waals surface area contributed by atoms with E-state index in [0.29, 0.717) is 5.92 Å². The van der Waals surface area contributed by atoms with Crippen molar-refractivity contribution < 1.29 is 10.2 Å². The molecule has 2 bridgehead atoms. The Morgan fingerprint density at radius 2 is 2.08 bits per heavy atom. The fourth-order valence-corrected chi connectivity index (χ4v) is 3.41. The van der Waals surface area contributed by atoms with Crippen LogP contribution in [-0.4, -0.2) is 22.9 Å². The summed E-state index contributed by atoms with van der Waals surface area (Å²) in [7, 11) is 0. The second-order valence-electron chi connectivity index (χ2n) is 5.02. The third kappa shape index (κ3) is 0.686. The van der Waals surface area contributed by atoms with Crippen molar-refractivity contribution in [2.75, 3.05) is 6.61 Å². The molecule has 70 valence electrons. The van der Waals surface area contributed by atoms with Crippen LogP contribution in [0.3, 0.4) is 0 Å². The second kappa shape index (κ2) is 2.24. The van der Waals surface area contributed by atoms with Gasteiger partial charge in [0.25, 0.3) is 0 Å². The molecule has 0 aromatic carbocycles. The standard InChI is InChI=1S/C10H18O2/c1-9(2)7-3-4-10(9,6-11)8(12)5-7/h7-8,11-12H,3-6H2,1-2H3/t7?,8?,10-/m0/s1. The predicted octanol–water partition coefficient (Wildman–Crippen LogP) is 1.17. The van der Waals surface area contributed by atoms with Crippen molar-refractivity contribution in [3.8, 4) is 0 Å². The maximum Gasteiger partial charge on any atom is 0.0626 e. The highest BCUT2D eigenvalue weighted by Crippen LogP contribution is 2.65. The van der Waals surface area contributed by atoms with Crippen LogP contribution in [0.15, 0.2) is 0 Å². The third-order valence-electron chi connectivity index (χ3n) is 4.67. The zero-order chi connectivity index (χ0) is 8.98. The Morgan fingerprint density at radius 3 is 2.33 bits per heavy atom. The lowest BCUT2D eigenvalue weighted by atomic mass is 9.69. The molecule has 2 fully saturated rings. The zero-order valence-corrected chi connectivity index (χ0v) is 7.88. The van der Waals surface area contributed by atoms with Crippen LogP contribution >= 0.6 is 0 Å². The van der Waals surface area contributed by atoms with Crippen LogP contribution in [0, 0.1) is 16.7 Å². The van der Waals surface area contributed by atoms with E-state index in [1.54, 1.807) is 0 Å². The first-order valence-electron chi connectivity index (χ1n) is 4.83.